The molecule has 0 fully saturated rings. The zero-order valence-electron chi connectivity index (χ0n) is 26.7. The molecule has 0 amide bonds. The Bertz CT molecular complexity index is 1680. The largest absolute Gasteiger partial charge is 0.494 e. The first kappa shape index (κ1) is 31.4. The van der Waals surface area contributed by atoms with Crippen LogP contribution in [0.2, 0.25) is 0 Å². The van der Waals surface area contributed by atoms with Gasteiger partial charge in [-0.05, 0) is 51.1 Å². The van der Waals surface area contributed by atoms with Crippen LogP contribution < -0.4 is 26.0 Å². The highest BCUT2D eigenvalue weighted by Gasteiger charge is 2.40. The standard InChI is InChI=1S/C41H42BN2OSi/c1-2-3-4-17-31-45-36-23-18-28-39(32-36)46(37-24-13-7-14-25-37,38-26-15-8-16-27-38)33-44-30-29-43-41(44)42-40(34-19-9-5-10-20-34)35-21-11-6-12-22-35/h5-16,18-30,32,40H,2-4,17,31,33H2,1H3. The molecule has 0 bridgehead atoms. The number of nitrogens with zero attached hydrogens (tertiary/aromatic N) is 2. The second-order valence-corrected chi connectivity index (χ2v) is 15.8. The first-order valence-corrected chi connectivity index (χ1v) is 18.8. The van der Waals surface area contributed by atoms with Crippen LogP contribution in [0.5, 0.6) is 5.75 Å². The summed E-state index contributed by atoms with van der Waals surface area (Å²) in [4.78, 5) is 4.96. The molecule has 0 N–H and O–H groups in total. The number of unbranched alkanes of at least 4 members (excludes halogenated alkanes) is 3. The average molecular weight is 618 g/mol. The van der Waals surface area contributed by atoms with Gasteiger partial charge in [-0.25, -0.2) is 0 Å². The smallest absolute Gasteiger partial charge is 0.215 e. The van der Waals surface area contributed by atoms with E-state index >= 15 is 0 Å². The van der Waals surface area contributed by atoms with Crippen LogP contribution in [0.4, 0.5) is 0 Å². The second-order valence-electron chi connectivity index (χ2n) is 12.0. The molecule has 0 saturated carbocycles. The van der Waals surface area contributed by atoms with E-state index in [0.29, 0.717) is 0 Å². The van der Waals surface area contributed by atoms with E-state index in [1.54, 1.807) is 0 Å². The van der Waals surface area contributed by atoms with E-state index in [9.17, 15) is 0 Å². The molecule has 0 spiro atoms. The lowest BCUT2D eigenvalue weighted by Crippen LogP contribution is -2.70. The molecule has 5 aromatic carbocycles. The predicted octanol–water partition coefficient (Wildman–Crippen LogP) is 6.67. The van der Waals surface area contributed by atoms with Crippen molar-refractivity contribution in [2.75, 3.05) is 6.61 Å². The molecule has 5 heteroatoms. The number of imidazole rings is 1. The van der Waals surface area contributed by atoms with Crippen LogP contribution in [-0.4, -0.2) is 31.5 Å². The quantitative estimate of drug-likeness (QED) is 0.0732. The average Bonchev–Trinajstić information content (AvgIpc) is 3.57. The molecule has 1 radical (unpaired) electrons. The van der Waals surface area contributed by atoms with Gasteiger partial charge in [0, 0.05) is 18.6 Å². The Kier molecular flexibility index (Phi) is 10.6. The van der Waals surface area contributed by atoms with Crippen molar-refractivity contribution in [1.29, 1.82) is 0 Å². The maximum atomic E-state index is 6.37. The zero-order chi connectivity index (χ0) is 31.4. The van der Waals surface area contributed by atoms with Crippen LogP contribution in [0.15, 0.2) is 158 Å². The summed E-state index contributed by atoms with van der Waals surface area (Å²) in [5, 5.41) is 4.06. The molecule has 3 nitrogen and oxygen atoms in total. The van der Waals surface area contributed by atoms with Crippen LogP contribution in [0.1, 0.15) is 49.6 Å². The van der Waals surface area contributed by atoms with Crippen molar-refractivity contribution in [3.63, 3.8) is 0 Å². The molecule has 0 aliphatic rings. The van der Waals surface area contributed by atoms with E-state index in [4.69, 9.17) is 9.72 Å². The van der Waals surface area contributed by atoms with Crippen molar-refractivity contribution in [3.05, 3.63) is 169 Å². The lowest BCUT2D eigenvalue weighted by Gasteiger charge is -2.35. The Labute approximate surface area is 276 Å². The Hall–Kier alpha value is -4.61. The summed E-state index contributed by atoms with van der Waals surface area (Å²) < 4.78 is 8.74. The summed E-state index contributed by atoms with van der Waals surface area (Å²) in [7, 11) is -0.309. The maximum absolute atomic E-state index is 6.37. The Morgan fingerprint density at radius 3 is 1.80 bits per heavy atom. The SMILES string of the molecule is CCCCCCOc1cccc([Si](Cn2ccnc2[B]C(c2ccccc2)c2ccccc2)(c2ccccc2)c2ccccc2)c1. The molecule has 0 atom stereocenters. The molecule has 1 heterocycles. The number of benzene rings is 5. The number of hydrogen-bond acceptors (Lipinski definition) is 2. The minimum Gasteiger partial charge on any atom is -0.494 e. The lowest BCUT2D eigenvalue weighted by atomic mass is 9.58. The van der Waals surface area contributed by atoms with Gasteiger partial charge in [0.1, 0.15) is 5.75 Å². The summed E-state index contributed by atoms with van der Waals surface area (Å²) in [6, 6.07) is 52.6. The Morgan fingerprint density at radius 2 is 1.22 bits per heavy atom. The molecular formula is C41H42BN2OSi. The van der Waals surface area contributed by atoms with Crippen molar-refractivity contribution in [2.45, 2.75) is 44.6 Å². The molecule has 6 rings (SSSR count). The first-order chi connectivity index (χ1) is 22.8. The Morgan fingerprint density at radius 1 is 0.652 bits per heavy atom. The lowest BCUT2D eigenvalue weighted by molar-refractivity contribution is 0.305. The van der Waals surface area contributed by atoms with E-state index in [-0.39, 0.29) is 5.82 Å². The fourth-order valence-electron chi connectivity index (χ4n) is 6.51. The fourth-order valence-corrected chi connectivity index (χ4v) is 11.1. The molecule has 46 heavy (non-hydrogen) atoms. The van der Waals surface area contributed by atoms with Gasteiger partial charge >= 0.3 is 0 Å². The number of hydrogen-bond donors (Lipinski definition) is 0. The van der Waals surface area contributed by atoms with Gasteiger partial charge in [0.25, 0.3) is 0 Å². The van der Waals surface area contributed by atoms with Gasteiger partial charge in [-0.2, -0.15) is 0 Å². The van der Waals surface area contributed by atoms with Crippen molar-refractivity contribution in [3.8, 4) is 5.75 Å². The maximum Gasteiger partial charge on any atom is 0.215 e. The summed E-state index contributed by atoms with van der Waals surface area (Å²) >= 11 is 0. The number of ether oxygens (including phenoxy) is 1. The summed E-state index contributed by atoms with van der Waals surface area (Å²) in [6.45, 7) is 2.99. The van der Waals surface area contributed by atoms with Crippen LogP contribution in [-0.2, 0) is 6.17 Å². The monoisotopic (exact) mass is 617 g/mol. The third-order valence-corrected chi connectivity index (χ3v) is 13.7. The molecule has 6 aromatic rings. The molecule has 0 aliphatic carbocycles. The highest BCUT2D eigenvalue weighted by Crippen LogP contribution is 2.23. The topological polar surface area (TPSA) is 27.1 Å². The van der Waals surface area contributed by atoms with Crippen molar-refractivity contribution < 1.29 is 4.74 Å². The van der Waals surface area contributed by atoms with Gasteiger partial charge in [-0.15, -0.1) is 0 Å². The third kappa shape index (κ3) is 7.27. The highest BCUT2D eigenvalue weighted by atomic mass is 28.3. The summed E-state index contributed by atoms with van der Waals surface area (Å²) in [5.74, 6) is 1.03. The van der Waals surface area contributed by atoms with Crippen LogP contribution in [0.3, 0.4) is 0 Å². The fraction of sp³-hybridized carbons (Fsp3) is 0.195. The van der Waals surface area contributed by atoms with Gasteiger partial charge in [-0.1, -0.05) is 160 Å². The molecule has 229 valence electrons. The molecule has 0 aliphatic heterocycles. The van der Waals surface area contributed by atoms with Gasteiger partial charge in [0.05, 0.1) is 12.3 Å². The van der Waals surface area contributed by atoms with Crippen molar-refractivity contribution in [2.24, 2.45) is 0 Å². The summed E-state index contributed by atoms with van der Waals surface area (Å²) in [5.41, 5.74) is 3.48. The third-order valence-electron chi connectivity index (χ3n) is 8.91. The van der Waals surface area contributed by atoms with Crippen molar-refractivity contribution >= 4 is 36.6 Å². The summed E-state index contributed by atoms with van der Waals surface area (Å²) in [6.07, 6.45) is 9.67. The van der Waals surface area contributed by atoms with Gasteiger partial charge < -0.3 is 9.30 Å². The Balaban J connectivity index is 1.43. The molecular weight excluding hydrogens is 575 g/mol. The van der Waals surface area contributed by atoms with Crippen LogP contribution in [0, 0.1) is 0 Å². The van der Waals surface area contributed by atoms with E-state index in [1.807, 2.05) is 6.20 Å². The van der Waals surface area contributed by atoms with E-state index in [0.717, 1.165) is 30.7 Å². The number of aromatic nitrogens is 2. The second kappa shape index (κ2) is 15.6. The van der Waals surface area contributed by atoms with E-state index < -0.39 is 8.07 Å². The highest BCUT2D eigenvalue weighted by molar-refractivity contribution is 7.10. The first-order valence-electron chi connectivity index (χ1n) is 16.6. The van der Waals surface area contributed by atoms with Crippen molar-refractivity contribution in [1.82, 2.24) is 9.55 Å². The zero-order valence-corrected chi connectivity index (χ0v) is 27.7. The van der Waals surface area contributed by atoms with Gasteiger partial charge in [0.15, 0.2) is 8.07 Å². The minimum atomic E-state index is -2.64. The van der Waals surface area contributed by atoms with Gasteiger partial charge in [0.2, 0.25) is 7.28 Å². The molecule has 0 unspecified atom stereocenters. The van der Waals surface area contributed by atoms with E-state index in [2.05, 4.69) is 171 Å². The number of rotatable bonds is 15. The van der Waals surface area contributed by atoms with Crippen LogP contribution >= 0.6 is 0 Å². The van der Waals surface area contributed by atoms with E-state index in [1.165, 1.54) is 45.9 Å². The minimum absolute atomic E-state index is 0.0810. The predicted molar refractivity (Wildman–Crippen MR) is 196 cm³/mol. The normalized spacial score (nSPS) is 11.4. The molecule has 0 saturated heterocycles. The van der Waals surface area contributed by atoms with Crippen LogP contribution in [0.25, 0.3) is 0 Å². The molecule has 1 aromatic heterocycles. The van der Waals surface area contributed by atoms with Gasteiger partial charge in [-0.3, -0.25) is 4.98 Å².